The van der Waals surface area contributed by atoms with Gasteiger partial charge in [0.15, 0.2) is 5.58 Å². The SMILES string of the molecule is Cc1cccc(/C=C/c2nc3cc([N+](=O)[O-])ccc3o2)c1. The average Bonchev–Trinajstić information content (AvgIpc) is 2.87. The third-order valence-corrected chi connectivity index (χ3v) is 3.06. The van der Waals surface area contributed by atoms with Crippen LogP contribution in [-0.4, -0.2) is 9.91 Å². The molecule has 0 aliphatic heterocycles. The van der Waals surface area contributed by atoms with Crippen molar-refractivity contribution >= 4 is 28.9 Å². The third kappa shape index (κ3) is 2.81. The molecule has 104 valence electrons. The van der Waals surface area contributed by atoms with Crippen LogP contribution in [0.3, 0.4) is 0 Å². The molecule has 2 aromatic carbocycles. The smallest absolute Gasteiger partial charge is 0.271 e. The number of benzene rings is 2. The largest absolute Gasteiger partial charge is 0.437 e. The maximum atomic E-state index is 10.7. The van der Waals surface area contributed by atoms with Gasteiger partial charge in [0.25, 0.3) is 5.69 Å². The maximum Gasteiger partial charge on any atom is 0.271 e. The Morgan fingerprint density at radius 3 is 2.81 bits per heavy atom. The number of nitro groups is 1. The molecule has 0 saturated heterocycles. The van der Waals surface area contributed by atoms with Crippen LogP contribution in [0.1, 0.15) is 17.0 Å². The zero-order chi connectivity index (χ0) is 14.8. The first kappa shape index (κ1) is 13.1. The number of nitrogens with zero attached hydrogens (tertiary/aromatic N) is 2. The molecule has 21 heavy (non-hydrogen) atoms. The Bertz CT molecular complexity index is 850. The van der Waals surface area contributed by atoms with Crippen molar-refractivity contribution in [1.82, 2.24) is 4.98 Å². The predicted molar refractivity (Wildman–Crippen MR) is 80.8 cm³/mol. The van der Waals surface area contributed by atoms with Crippen molar-refractivity contribution in [2.45, 2.75) is 6.92 Å². The van der Waals surface area contributed by atoms with Crippen LogP contribution in [0.2, 0.25) is 0 Å². The lowest BCUT2D eigenvalue weighted by atomic mass is 10.1. The second kappa shape index (κ2) is 5.20. The predicted octanol–water partition coefficient (Wildman–Crippen LogP) is 4.21. The summed E-state index contributed by atoms with van der Waals surface area (Å²) in [5, 5.41) is 10.7. The van der Waals surface area contributed by atoms with E-state index < -0.39 is 4.92 Å². The first-order chi connectivity index (χ1) is 10.1. The van der Waals surface area contributed by atoms with E-state index in [1.165, 1.54) is 17.7 Å². The van der Waals surface area contributed by atoms with Crippen molar-refractivity contribution < 1.29 is 9.34 Å². The van der Waals surface area contributed by atoms with Crippen molar-refractivity contribution in [3.8, 4) is 0 Å². The van der Waals surface area contributed by atoms with E-state index in [0.717, 1.165) is 5.56 Å². The molecule has 0 bridgehead atoms. The number of non-ortho nitro benzene ring substituents is 1. The second-order valence-corrected chi connectivity index (χ2v) is 4.71. The molecule has 0 radical (unpaired) electrons. The average molecular weight is 280 g/mol. The number of aromatic nitrogens is 1. The van der Waals surface area contributed by atoms with Gasteiger partial charge in [0.05, 0.1) is 4.92 Å². The summed E-state index contributed by atoms with van der Waals surface area (Å²) in [6.07, 6.45) is 3.65. The molecule has 5 heteroatoms. The van der Waals surface area contributed by atoms with Crippen molar-refractivity contribution in [2.24, 2.45) is 0 Å². The van der Waals surface area contributed by atoms with Gasteiger partial charge in [-0.15, -0.1) is 0 Å². The Hall–Kier alpha value is -2.95. The first-order valence-corrected chi connectivity index (χ1v) is 6.41. The fourth-order valence-corrected chi connectivity index (χ4v) is 2.06. The summed E-state index contributed by atoms with van der Waals surface area (Å²) in [6, 6.07) is 12.4. The summed E-state index contributed by atoms with van der Waals surface area (Å²) in [5.41, 5.74) is 3.23. The summed E-state index contributed by atoms with van der Waals surface area (Å²) in [6.45, 7) is 2.02. The Morgan fingerprint density at radius 2 is 2.05 bits per heavy atom. The van der Waals surface area contributed by atoms with Gasteiger partial charge in [0, 0.05) is 18.2 Å². The van der Waals surface area contributed by atoms with E-state index >= 15 is 0 Å². The van der Waals surface area contributed by atoms with Crippen molar-refractivity contribution in [3.63, 3.8) is 0 Å². The van der Waals surface area contributed by atoms with Gasteiger partial charge in [-0.1, -0.05) is 29.8 Å². The minimum Gasteiger partial charge on any atom is -0.437 e. The molecule has 0 amide bonds. The van der Waals surface area contributed by atoms with Gasteiger partial charge in [0.2, 0.25) is 5.89 Å². The number of rotatable bonds is 3. The molecule has 5 nitrogen and oxygen atoms in total. The molecule has 0 N–H and O–H groups in total. The van der Waals surface area contributed by atoms with E-state index in [9.17, 15) is 10.1 Å². The topological polar surface area (TPSA) is 69.2 Å². The normalized spacial score (nSPS) is 11.3. The molecule has 1 aromatic heterocycles. The highest BCUT2D eigenvalue weighted by Crippen LogP contribution is 2.22. The monoisotopic (exact) mass is 280 g/mol. The molecule has 0 atom stereocenters. The Balaban J connectivity index is 1.92. The quantitative estimate of drug-likeness (QED) is 0.532. The van der Waals surface area contributed by atoms with Crippen molar-refractivity contribution in [2.75, 3.05) is 0 Å². The molecule has 0 aliphatic carbocycles. The van der Waals surface area contributed by atoms with Crippen LogP contribution >= 0.6 is 0 Å². The number of hydrogen-bond donors (Lipinski definition) is 0. The molecule has 0 unspecified atom stereocenters. The fourth-order valence-electron chi connectivity index (χ4n) is 2.06. The lowest BCUT2D eigenvalue weighted by Crippen LogP contribution is -1.86. The van der Waals surface area contributed by atoms with Crippen LogP contribution in [0.25, 0.3) is 23.3 Å². The molecule has 0 spiro atoms. The Labute approximate surface area is 120 Å². The zero-order valence-electron chi connectivity index (χ0n) is 11.3. The first-order valence-electron chi connectivity index (χ1n) is 6.41. The van der Waals surface area contributed by atoms with Gasteiger partial charge >= 0.3 is 0 Å². The molecular formula is C16H12N2O3. The number of nitro benzene ring substituents is 1. The highest BCUT2D eigenvalue weighted by Gasteiger charge is 2.10. The van der Waals surface area contributed by atoms with Crippen molar-refractivity contribution in [1.29, 1.82) is 0 Å². The molecule has 0 fully saturated rings. The van der Waals surface area contributed by atoms with E-state index in [1.54, 1.807) is 12.1 Å². The number of hydrogen-bond acceptors (Lipinski definition) is 4. The van der Waals surface area contributed by atoms with Crippen LogP contribution in [-0.2, 0) is 0 Å². The van der Waals surface area contributed by atoms with E-state index in [4.69, 9.17) is 4.42 Å². The van der Waals surface area contributed by atoms with Crippen LogP contribution in [0.15, 0.2) is 46.9 Å². The summed E-state index contributed by atoms with van der Waals surface area (Å²) in [7, 11) is 0. The number of aryl methyl sites for hydroxylation is 1. The Kier molecular flexibility index (Phi) is 3.23. The molecule has 3 rings (SSSR count). The standard InChI is InChI=1S/C16H12N2O3/c1-11-3-2-4-12(9-11)5-8-16-17-14-10-13(18(19)20)6-7-15(14)21-16/h2-10H,1H3/b8-5+. The van der Waals surface area contributed by atoms with Crippen LogP contribution < -0.4 is 0 Å². The highest BCUT2D eigenvalue weighted by molar-refractivity contribution is 5.78. The Morgan fingerprint density at radius 1 is 1.19 bits per heavy atom. The second-order valence-electron chi connectivity index (χ2n) is 4.71. The number of fused-ring (bicyclic) bond motifs is 1. The van der Waals surface area contributed by atoms with Gasteiger partial charge in [0.1, 0.15) is 5.52 Å². The lowest BCUT2D eigenvalue weighted by molar-refractivity contribution is -0.384. The molecule has 0 saturated carbocycles. The van der Waals surface area contributed by atoms with Crippen LogP contribution in [0.4, 0.5) is 5.69 Å². The zero-order valence-corrected chi connectivity index (χ0v) is 11.3. The van der Waals surface area contributed by atoms with Crippen molar-refractivity contribution in [3.05, 3.63) is 69.6 Å². The van der Waals surface area contributed by atoms with E-state index in [2.05, 4.69) is 4.98 Å². The van der Waals surface area contributed by atoms with E-state index in [-0.39, 0.29) is 5.69 Å². The van der Waals surface area contributed by atoms with E-state index in [0.29, 0.717) is 17.0 Å². The van der Waals surface area contributed by atoms with Crippen LogP contribution in [0, 0.1) is 17.0 Å². The summed E-state index contributed by atoms with van der Waals surface area (Å²) in [5.74, 6) is 0.423. The van der Waals surface area contributed by atoms with Gasteiger partial charge in [-0.25, -0.2) is 4.98 Å². The van der Waals surface area contributed by atoms with Crippen LogP contribution in [0.5, 0.6) is 0 Å². The summed E-state index contributed by atoms with van der Waals surface area (Å²) >= 11 is 0. The minimum absolute atomic E-state index is 0.00464. The minimum atomic E-state index is -0.448. The van der Waals surface area contributed by atoms with E-state index in [1.807, 2.05) is 37.3 Å². The molecule has 0 aliphatic rings. The number of oxazole rings is 1. The highest BCUT2D eigenvalue weighted by atomic mass is 16.6. The fraction of sp³-hybridized carbons (Fsp3) is 0.0625. The van der Waals surface area contributed by atoms with Gasteiger partial charge in [-0.2, -0.15) is 0 Å². The van der Waals surface area contributed by atoms with Gasteiger partial charge < -0.3 is 4.42 Å². The molecule has 3 aromatic rings. The maximum absolute atomic E-state index is 10.7. The molecular weight excluding hydrogens is 268 g/mol. The summed E-state index contributed by atoms with van der Waals surface area (Å²) < 4.78 is 5.53. The summed E-state index contributed by atoms with van der Waals surface area (Å²) in [4.78, 5) is 14.5. The third-order valence-electron chi connectivity index (χ3n) is 3.06. The molecule has 1 heterocycles. The van der Waals surface area contributed by atoms with Gasteiger partial charge in [-0.05, 0) is 24.6 Å². The lowest BCUT2D eigenvalue weighted by Gasteiger charge is -1.94. The van der Waals surface area contributed by atoms with Gasteiger partial charge in [-0.3, -0.25) is 10.1 Å².